The number of hydrogen-bond acceptors (Lipinski definition) is 2. The minimum atomic E-state index is -0.0612. The molecule has 1 aromatic carbocycles. The van der Waals surface area contributed by atoms with E-state index in [9.17, 15) is 4.79 Å². The van der Waals surface area contributed by atoms with Crippen molar-refractivity contribution in [2.24, 2.45) is 0 Å². The van der Waals surface area contributed by atoms with Crippen LogP contribution in [-0.2, 0) is 16.0 Å². The van der Waals surface area contributed by atoms with E-state index in [-0.39, 0.29) is 12.1 Å². The van der Waals surface area contributed by atoms with E-state index >= 15 is 0 Å². The van der Waals surface area contributed by atoms with E-state index in [1.54, 1.807) is 0 Å². The Morgan fingerprint density at radius 1 is 1.31 bits per heavy atom. The van der Waals surface area contributed by atoms with Crippen LogP contribution in [0.5, 0.6) is 0 Å². The topological polar surface area (TPSA) is 26.3 Å². The molecule has 2 nitrogen and oxygen atoms in total. The van der Waals surface area contributed by atoms with Crippen molar-refractivity contribution < 1.29 is 9.53 Å². The Hall–Kier alpha value is -1.31. The zero-order valence-corrected chi connectivity index (χ0v) is 9.74. The van der Waals surface area contributed by atoms with E-state index in [0.29, 0.717) is 6.42 Å². The number of cyclic esters (lactones) is 1. The Labute approximate surface area is 96.6 Å². The lowest BCUT2D eigenvalue weighted by Gasteiger charge is -2.22. The normalized spacial score (nSPS) is 20.6. The molecule has 1 fully saturated rings. The second kappa shape index (κ2) is 5.15. The van der Waals surface area contributed by atoms with Gasteiger partial charge in [-0.25, -0.2) is 0 Å². The minimum Gasteiger partial charge on any atom is -0.457 e. The maximum atomic E-state index is 11.2. The third-order valence-corrected chi connectivity index (χ3v) is 3.01. The van der Waals surface area contributed by atoms with Gasteiger partial charge in [-0.2, -0.15) is 0 Å². The van der Waals surface area contributed by atoms with Crippen LogP contribution in [0, 0.1) is 0 Å². The third kappa shape index (κ3) is 2.63. The van der Waals surface area contributed by atoms with E-state index in [1.807, 2.05) is 0 Å². The summed E-state index contributed by atoms with van der Waals surface area (Å²) in [6.45, 7) is 2.18. The third-order valence-electron chi connectivity index (χ3n) is 3.01. The van der Waals surface area contributed by atoms with E-state index in [2.05, 4.69) is 31.2 Å². The van der Waals surface area contributed by atoms with Crippen molar-refractivity contribution in [3.05, 3.63) is 35.4 Å². The fraction of sp³-hybridized carbons (Fsp3) is 0.500. The fourth-order valence-electron chi connectivity index (χ4n) is 2.13. The first-order chi connectivity index (χ1) is 7.79. The molecule has 16 heavy (non-hydrogen) atoms. The zero-order chi connectivity index (χ0) is 11.4. The second-order valence-corrected chi connectivity index (χ2v) is 4.36. The van der Waals surface area contributed by atoms with Crippen molar-refractivity contribution in [2.45, 2.75) is 45.1 Å². The Morgan fingerprint density at radius 2 is 2.06 bits per heavy atom. The summed E-state index contributed by atoms with van der Waals surface area (Å²) >= 11 is 0. The Morgan fingerprint density at radius 3 is 2.69 bits per heavy atom. The molecule has 1 aliphatic heterocycles. The molecule has 1 atom stereocenters. The van der Waals surface area contributed by atoms with Gasteiger partial charge in [0.25, 0.3) is 0 Å². The molecule has 1 heterocycles. The first kappa shape index (κ1) is 11.2. The lowest BCUT2D eigenvalue weighted by atomic mass is 9.99. The van der Waals surface area contributed by atoms with Crippen LogP contribution >= 0.6 is 0 Å². The van der Waals surface area contributed by atoms with Crippen LogP contribution in [0.25, 0.3) is 0 Å². The molecule has 0 aromatic heterocycles. The monoisotopic (exact) mass is 218 g/mol. The molecule has 0 bridgehead atoms. The van der Waals surface area contributed by atoms with Gasteiger partial charge in [0.05, 0.1) is 0 Å². The second-order valence-electron chi connectivity index (χ2n) is 4.36. The molecule has 0 saturated carbocycles. The maximum absolute atomic E-state index is 11.2. The number of carbonyl (C=O) groups excluding carboxylic acids is 1. The number of ether oxygens (including phenoxy) is 1. The number of carbonyl (C=O) groups is 1. The molecule has 86 valence electrons. The molecule has 0 spiro atoms. The molecule has 0 radical (unpaired) electrons. The number of rotatable bonds is 3. The van der Waals surface area contributed by atoms with E-state index < -0.39 is 0 Å². The first-order valence-electron chi connectivity index (χ1n) is 6.08. The zero-order valence-electron chi connectivity index (χ0n) is 9.74. The van der Waals surface area contributed by atoms with Crippen molar-refractivity contribution in [2.75, 3.05) is 0 Å². The number of benzene rings is 1. The Balaban J connectivity index is 2.05. The van der Waals surface area contributed by atoms with Gasteiger partial charge in [0.2, 0.25) is 0 Å². The van der Waals surface area contributed by atoms with Crippen molar-refractivity contribution in [3.8, 4) is 0 Å². The van der Waals surface area contributed by atoms with Gasteiger partial charge in [0.15, 0.2) is 0 Å². The van der Waals surface area contributed by atoms with Crippen molar-refractivity contribution in [1.29, 1.82) is 0 Å². The summed E-state index contributed by atoms with van der Waals surface area (Å²) < 4.78 is 5.33. The summed E-state index contributed by atoms with van der Waals surface area (Å²) in [5.41, 5.74) is 2.49. The van der Waals surface area contributed by atoms with E-state index in [4.69, 9.17) is 4.74 Å². The van der Waals surface area contributed by atoms with Crippen LogP contribution < -0.4 is 0 Å². The van der Waals surface area contributed by atoms with Crippen LogP contribution in [0.4, 0.5) is 0 Å². The van der Waals surface area contributed by atoms with Gasteiger partial charge in [-0.1, -0.05) is 37.6 Å². The van der Waals surface area contributed by atoms with Gasteiger partial charge < -0.3 is 4.74 Å². The molecule has 0 amide bonds. The molecule has 2 rings (SSSR count). The molecule has 0 aliphatic carbocycles. The van der Waals surface area contributed by atoms with Crippen LogP contribution in [0.2, 0.25) is 0 Å². The Kier molecular flexibility index (Phi) is 3.60. The van der Waals surface area contributed by atoms with Gasteiger partial charge in [0.1, 0.15) is 6.10 Å². The van der Waals surface area contributed by atoms with E-state index in [1.165, 1.54) is 5.56 Å². The van der Waals surface area contributed by atoms with Gasteiger partial charge in [-0.05, 0) is 30.4 Å². The first-order valence-corrected chi connectivity index (χ1v) is 6.08. The molecule has 0 N–H and O–H groups in total. The molecular weight excluding hydrogens is 200 g/mol. The quantitative estimate of drug-likeness (QED) is 0.727. The van der Waals surface area contributed by atoms with Crippen LogP contribution in [0.3, 0.4) is 0 Å². The molecular formula is C14H18O2. The highest BCUT2D eigenvalue weighted by Crippen LogP contribution is 2.28. The van der Waals surface area contributed by atoms with Gasteiger partial charge in [-0.3, -0.25) is 4.79 Å². The van der Waals surface area contributed by atoms with Crippen molar-refractivity contribution in [1.82, 2.24) is 0 Å². The van der Waals surface area contributed by atoms with Crippen LogP contribution in [-0.4, -0.2) is 5.97 Å². The predicted molar refractivity (Wildman–Crippen MR) is 63.1 cm³/mol. The van der Waals surface area contributed by atoms with Crippen LogP contribution in [0.15, 0.2) is 24.3 Å². The summed E-state index contributed by atoms with van der Waals surface area (Å²) in [7, 11) is 0. The SMILES string of the molecule is CCCc1ccc([C@H]2CCCC(=O)O2)cc1. The molecule has 1 aliphatic rings. The Bertz CT molecular complexity index is 354. The van der Waals surface area contributed by atoms with Crippen LogP contribution in [0.1, 0.15) is 49.8 Å². The highest BCUT2D eigenvalue weighted by atomic mass is 16.5. The van der Waals surface area contributed by atoms with Gasteiger partial charge in [-0.15, -0.1) is 0 Å². The molecule has 0 unspecified atom stereocenters. The predicted octanol–water partition coefficient (Wildman–Crippen LogP) is 3.41. The standard InChI is InChI=1S/C14H18O2/c1-2-4-11-7-9-12(10-8-11)13-5-3-6-14(15)16-13/h7-10,13H,2-6H2,1H3/t13-/m1/s1. The number of hydrogen-bond donors (Lipinski definition) is 0. The summed E-state index contributed by atoms with van der Waals surface area (Å²) in [6, 6.07) is 8.46. The summed E-state index contributed by atoms with van der Waals surface area (Å²) in [4.78, 5) is 11.2. The van der Waals surface area contributed by atoms with Crippen molar-refractivity contribution in [3.63, 3.8) is 0 Å². The average molecular weight is 218 g/mol. The number of esters is 1. The molecule has 1 saturated heterocycles. The smallest absolute Gasteiger partial charge is 0.306 e. The van der Waals surface area contributed by atoms with Gasteiger partial charge >= 0.3 is 5.97 Å². The summed E-state index contributed by atoms with van der Waals surface area (Å²) in [5.74, 6) is -0.0612. The van der Waals surface area contributed by atoms with E-state index in [0.717, 1.165) is 31.2 Å². The maximum Gasteiger partial charge on any atom is 0.306 e. The lowest BCUT2D eigenvalue weighted by Crippen LogP contribution is -2.16. The molecule has 1 aromatic rings. The number of aryl methyl sites for hydroxylation is 1. The largest absolute Gasteiger partial charge is 0.457 e. The van der Waals surface area contributed by atoms with Gasteiger partial charge in [0, 0.05) is 6.42 Å². The summed E-state index contributed by atoms with van der Waals surface area (Å²) in [6.07, 6.45) is 4.74. The molecule has 2 heteroatoms. The van der Waals surface area contributed by atoms with Crippen molar-refractivity contribution >= 4 is 5.97 Å². The highest BCUT2D eigenvalue weighted by Gasteiger charge is 2.21. The average Bonchev–Trinajstić information content (AvgIpc) is 2.30. The summed E-state index contributed by atoms with van der Waals surface area (Å²) in [5, 5.41) is 0. The fourth-order valence-corrected chi connectivity index (χ4v) is 2.13. The minimum absolute atomic E-state index is 0.0167. The highest BCUT2D eigenvalue weighted by molar-refractivity contribution is 5.70. The lowest BCUT2D eigenvalue weighted by molar-refractivity contribution is -0.154.